The predicted molar refractivity (Wildman–Crippen MR) is 71.2 cm³/mol. The molecule has 98 valence electrons. The summed E-state index contributed by atoms with van der Waals surface area (Å²) in [6, 6.07) is 3.39. The number of anilines is 1. The van der Waals surface area contributed by atoms with Gasteiger partial charge in [-0.25, -0.2) is 4.79 Å². The van der Waals surface area contributed by atoms with Crippen LogP contribution in [0.15, 0.2) is 12.1 Å². The van der Waals surface area contributed by atoms with Gasteiger partial charge < -0.3 is 4.74 Å². The van der Waals surface area contributed by atoms with Gasteiger partial charge in [-0.2, -0.15) is 0 Å². The number of nitrogens with one attached hydrogen (secondary N) is 1. The van der Waals surface area contributed by atoms with Gasteiger partial charge in [0.05, 0.1) is 0 Å². The zero-order valence-electron chi connectivity index (χ0n) is 11.5. The van der Waals surface area contributed by atoms with Crippen molar-refractivity contribution in [1.82, 2.24) is 0 Å². The first-order valence-electron chi connectivity index (χ1n) is 5.80. The molecule has 1 aromatic rings. The lowest BCUT2D eigenvalue weighted by molar-refractivity contribution is 0.0635. The van der Waals surface area contributed by atoms with Gasteiger partial charge in [-0.15, -0.1) is 0 Å². The summed E-state index contributed by atoms with van der Waals surface area (Å²) in [5.41, 5.74) is 2.48. The molecule has 0 saturated carbocycles. The summed E-state index contributed by atoms with van der Waals surface area (Å²) in [5.74, 6) is 0. The average molecular weight is 249 g/mol. The van der Waals surface area contributed by atoms with E-state index in [1.54, 1.807) is 32.9 Å². The SMILES string of the molecule is Cc1c(C=O)ccc(NC(=O)OC(C)(C)C)c1C. The third-order valence-electron chi connectivity index (χ3n) is 2.59. The summed E-state index contributed by atoms with van der Waals surface area (Å²) in [6.45, 7) is 9.12. The van der Waals surface area contributed by atoms with Crippen LogP contribution in [0.25, 0.3) is 0 Å². The second kappa shape index (κ2) is 5.21. The molecule has 0 aliphatic rings. The number of carbonyl (C=O) groups is 2. The summed E-state index contributed by atoms with van der Waals surface area (Å²) in [5, 5.41) is 2.68. The molecule has 1 amide bonds. The topological polar surface area (TPSA) is 55.4 Å². The molecule has 0 heterocycles. The van der Waals surface area contributed by atoms with E-state index in [0.717, 1.165) is 17.4 Å². The first-order valence-corrected chi connectivity index (χ1v) is 5.80. The number of hydrogen-bond donors (Lipinski definition) is 1. The minimum atomic E-state index is -0.532. The van der Waals surface area contributed by atoms with Crippen molar-refractivity contribution in [2.24, 2.45) is 0 Å². The Morgan fingerprint density at radius 3 is 2.33 bits per heavy atom. The number of rotatable bonds is 2. The molecule has 0 spiro atoms. The molecular weight excluding hydrogens is 230 g/mol. The molecule has 1 aromatic carbocycles. The van der Waals surface area contributed by atoms with E-state index in [9.17, 15) is 9.59 Å². The molecule has 0 atom stereocenters. The molecule has 4 heteroatoms. The van der Waals surface area contributed by atoms with Crippen molar-refractivity contribution in [3.8, 4) is 0 Å². The zero-order valence-corrected chi connectivity index (χ0v) is 11.5. The van der Waals surface area contributed by atoms with Gasteiger partial charge in [0, 0.05) is 11.3 Å². The Hall–Kier alpha value is -1.84. The number of ether oxygens (including phenoxy) is 1. The molecule has 0 aromatic heterocycles. The Morgan fingerprint density at radius 1 is 1.22 bits per heavy atom. The van der Waals surface area contributed by atoms with Gasteiger partial charge in [0.15, 0.2) is 0 Å². The number of carbonyl (C=O) groups excluding carboxylic acids is 2. The average Bonchev–Trinajstić information content (AvgIpc) is 2.22. The highest BCUT2D eigenvalue weighted by Crippen LogP contribution is 2.22. The highest BCUT2D eigenvalue weighted by atomic mass is 16.6. The van der Waals surface area contributed by atoms with E-state index in [0.29, 0.717) is 11.3 Å². The maximum Gasteiger partial charge on any atom is 0.412 e. The highest BCUT2D eigenvalue weighted by Gasteiger charge is 2.17. The standard InChI is InChI=1S/C14H19NO3/c1-9-10(2)12(7-6-11(9)8-16)15-13(17)18-14(3,4)5/h6-8H,1-5H3,(H,15,17). The maximum absolute atomic E-state index is 11.6. The number of benzene rings is 1. The number of aldehydes is 1. The molecule has 0 saturated heterocycles. The van der Waals surface area contributed by atoms with Crippen LogP contribution >= 0.6 is 0 Å². The summed E-state index contributed by atoms with van der Waals surface area (Å²) in [7, 11) is 0. The highest BCUT2D eigenvalue weighted by molar-refractivity contribution is 5.88. The van der Waals surface area contributed by atoms with Crippen molar-refractivity contribution >= 4 is 18.1 Å². The van der Waals surface area contributed by atoms with Crippen LogP contribution < -0.4 is 5.32 Å². The monoisotopic (exact) mass is 249 g/mol. The summed E-state index contributed by atoms with van der Waals surface area (Å²) < 4.78 is 5.17. The Bertz CT molecular complexity index is 473. The van der Waals surface area contributed by atoms with Crippen LogP contribution in [0.2, 0.25) is 0 Å². The molecule has 0 aliphatic carbocycles. The molecule has 0 fully saturated rings. The van der Waals surface area contributed by atoms with Gasteiger partial charge in [0.2, 0.25) is 0 Å². The third-order valence-corrected chi connectivity index (χ3v) is 2.59. The van der Waals surface area contributed by atoms with Crippen LogP contribution in [-0.4, -0.2) is 18.0 Å². The Balaban J connectivity index is 2.90. The number of amides is 1. The molecule has 1 N–H and O–H groups in total. The van der Waals surface area contributed by atoms with E-state index in [1.165, 1.54) is 0 Å². The molecule has 0 aliphatic heterocycles. The molecule has 18 heavy (non-hydrogen) atoms. The van der Waals surface area contributed by atoms with Crippen LogP contribution in [0.3, 0.4) is 0 Å². The predicted octanol–water partition coefficient (Wildman–Crippen LogP) is 3.46. The van der Waals surface area contributed by atoms with Gasteiger partial charge >= 0.3 is 6.09 Å². The Kier molecular flexibility index (Phi) is 4.11. The van der Waals surface area contributed by atoms with E-state index in [4.69, 9.17) is 4.74 Å². The van der Waals surface area contributed by atoms with Crippen molar-refractivity contribution in [2.45, 2.75) is 40.2 Å². The lowest BCUT2D eigenvalue weighted by Crippen LogP contribution is -2.27. The van der Waals surface area contributed by atoms with Crippen LogP contribution in [0.5, 0.6) is 0 Å². The summed E-state index contributed by atoms with van der Waals surface area (Å²) in [6.07, 6.45) is 0.309. The van der Waals surface area contributed by atoms with Crippen molar-refractivity contribution in [3.05, 3.63) is 28.8 Å². The maximum atomic E-state index is 11.6. The minimum absolute atomic E-state index is 0.496. The van der Waals surface area contributed by atoms with E-state index in [1.807, 2.05) is 13.8 Å². The van der Waals surface area contributed by atoms with Crippen LogP contribution in [-0.2, 0) is 4.74 Å². The van der Waals surface area contributed by atoms with Gasteiger partial charge in [-0.3, -0.25) is 10.1 Å². The molecular formula is C14H19NO3. The molecule has 1 rings (SSSR count). The van der Waals surface area contributed by atoms with Crippen molar-refractivity contribution in [1.29, 1.82) is 0 Å². The Labute approximate surface area is 107 Å². The fourth-order valence-electron chi connectivity index (χ4n) is 1.52. The molecule has 0 radical (unpaired) electrons. The fourth-order valence-corrected chi connectivity index (χ4v) is 1.52. The summed E-state index contributed by atoms with van der Waals surface area (Å²) >= 11 is 0. The smallest absolute Gasteiger partial charge is 0.412 e. The van der Waals surface area contributed by atoms with Crippen molar-refractivity contribution in [3.63, 3.8) is 0 Å². The summed E-state index contributed by atoms with van der Waals surface area (Å²) in [4.78, 5) is 22.4. The lowest BCUT2D eigenvalue weighted by atomic mass is 10.0. The minimum Gasteiger partial charge on any atom is -0.444 e. The second-order valence-corrected chi connectivity index (χ2v) is 5.20. The van der Waals surface area contributed by atoms with Gasteiger partial charge in [-0.1, -0.05) is 0 Å². The van der Waals surface area contributed by atoms with Gasteiger partial charge in [0.1, 0.15) is 11.9 Å². The first-order chi connectivity index (χ1) is 8.24. The van der Waals surface area contributed by atoms with Crippen LogP contribution in [0.4, 0.5) is 10.5 Å². The molecule has 4 nitrogen and oxygen atoms in total. The normalized spacial score (nSPS) is 10.9. The van der Waals surface area contributed by atoms with E-state index >= 15 is 0 Å². The second-order valence-electron chi connectivity index (χ2n) is 5.20. The molecule has 0 unspecified atom stereocenters. The fraction of sp³-hybridized carbons (Fsp3) is 0.429. The lowest BCUT2D eigenvalue weighted by Gasteiger charge is -2.20. The van der Waals surface area contributed by atoms with Gasteiger partial charge in [-0.05, 0) is 57.9 Å². The van der Waals surface area contributed by atoms with Crippen LogP contribution in [0.1, 0.15) is 42.3 Å². The Morgan fingerprint density at radius 2 is 1.83 bits per heavy atom. The zero-order chi connectivity index (χ0) is 13.9. The van der Waals surface area contributed by atoms with Gasteiger partial charge in [0.25, 0.3) is 0 Å². The number of hydrogen-bond acceptors (Lipinski definition) is 3. The van der Waals surface area contributed by atoms with E-state index in [-0.39, 0.29) is 0 Å². The molecule has 0 bridgehead atoms. The van der Waals surface area contributed by atoms with Crippen LogP contribution in [0, 0.1) is 13.8 Å². The quantitative estimate of drug-likeness (QED) is 0.816. The van der Waals surface area contributed by atoms with E-state index < -0.39 is 11.7 Å². The van der Waals surface area contributed by atoms with Crippen molar-refractivity contribution in [2.75, 3.05) is 5.32 Å². The third kappa shape index (κ3) is 3.58. The van der Waals surface area contributed by atoms with E-state index in [2.05, 4.69) is 5.32 Å². The first kappa shape index (κ1) is 14.2. The largest absolute Gasteiger partial charge is 0.444 e. The van der Waals surface area contributed by atoms with Crippen molar-refractivity contribution < 1.29 is 14.3 Å².